The number of nitrogens with one attached hydrogen (secondary N) is 1. The zero-order valence-electron chi connectivity index (χ0n) is 15.6. The van der Waals surface area contributed by atoms with Crippen LogP contribution >= 0.6 is 12.4 Å². The maximum Gasteiger partial charge on any atom is 0.240 e. The van der Waals surface area contributed by atoms with Crippen LogP contribution < -0.4 is 20.5 Å². The summed E-state index contributed by atoms with van der Waals surface area (Å²) >= 11 is 0. The van der Waals surface area contributed by atoms with Crippen molar-refractivity contribution in [1.82, 2.24) is 5.32 Å². The molecule has 1 saturated heterocycles. The van der Waals surface area contributed by atoms with Crippen LogP contribution in [0.2, 0.25) is 0 Å². The summed E-state index contributed by atoms with van der Waals surface area (Å²) in [7, 11) is 0. The van der Waals surface area contributed by atoms with Crippen molar-refractivity contribution in [3.63, 3.8) is 0 Å². The van der Waals surface area contributed by atoms with Crippen LogP contribution in [0, 0.1) is 0 Å². The molecule has 27 heavy (non-hydrogen) atoms. The second-order valence-electron chi connectivity index (χ2n) is 7.86. The van der Waals surface area contributed by atoms with Gasteiger partial charge in [-0.15, -0.1) is 12.4 Å². The minimum Gasteiger partial charge on any atom is -0.454 e. The highest BCUT2D eigenvalue weighted by molar-refractivity contribution is 5.86. The van der Waals surface area contributed by atoms with E-state index in [1.165, 1.54) is 12.0 Å². The highest BCUT2D eigenvalue weighted by atomic mass is 35.5. The van der Waals surface area contributed by atoms with Crippen molar-refractivity contribution in [2.75, 3.05) is 26.6 Å². The van der Waals surface area contributed by atoms with Gasteiger partial charge in [-0.3, -0.25) is 4.79 Å². The van der Waals surface area contributed by atoms with Gasteiger partial charge in [0.2, 0.25) is 12.7 Å². The van der Waals surface area contributed by atoms with Gasteiger partial charge in [-0.2, -0.15) is 0 Å². The third-order valence-corrected chi connectivity index (χ3v) is 6.22. The highest BCUT2D eigenvalue weighted by Gasteiger charge is 2.39. The fraction of sp³-hybridized carbons (Fsp3) is 0.650. The van der Waals surface area contributed by atoms with Crippen molar-refractivity contribution in [2.45, 2.75) is 55.9 Å². The normalized spacial score (nSPS) is 22.6. The molecule has 1 aliphatic carbocycles. The standard InChI is InChI=1S/C20H28N2O4.ClH/c21-20(6-2-1-3-7-20)18(23)22-13-19(8-10-24-11-9-19)15-4-5-16-17(12-15)26-14-25-16;/h4-5,12H,1-3,6-11,13-14,21H2,(H,22,23);1H. The highest BCUT2D eigenvalue weighted by Crippen LogP contribution is 2.40. The van der Waals surface area contributed by atoms with Gasteiger partial charge in [0.05, 0.1) is 5.54 Å². The molecule has 0 bridgehead atoms. The largest absolute Gasteiger partial charge is 0.454 e. The van der Waals surface area contributed by atoms with E-state index in [4.69, 9.17) is 19.9 Å². The number of benzene rings is 1. The zero-order chi connectivity index (χ0) is 18.0. The third-order valence-electron chi connectivity index (χ3n) is 6.22. The summed E-state index contributed by atoms with van der Waals surface area (Å²) in [5.74, 6) is 1.55. The molecule has 3 aliphatic rings. The van der Waals surface area contributed by atoms with Crippen molar-refractivity contribution >= 4 is 18.3 Å². The van der Waals surface area contributed by atoms with E-state index in [0.717, 1.165) is 50.0 Å². The summed E-state index contributed by atoms with van der Waals surface area (Å²) in [6, 6.07) is 6.10. The van der Waals surface area contributed by atoms with Crippen LogP contribution in [0.25, 0.3) is 0 Å². The molecular formula is C20H29ClN2O4. The first-order chi connectivity index (χ1) is 12.6. The van der Waals surface area contributed by atoms with Crippen molar-refractivity contribution in [3.8, 4) is 11.5 Å². The van der Waals surface area contributed by atoms with Gasteiger partial charge in [-0.05, 0) is 43.4 Å². The number of halogens is 1. The Labute approximate surface area is 166 Å². The van der Waals surface area contributed by atoms with E-state index in [1.54, 1.807) is 0 Å². The third kappa shape index (κ3) is 4.03. The summed E-state index contributed by atoms with van der Waals surface area (Å²) in [4.78, 5) is 12.8. The lowest BCUT2D eigenvalue weighted by molar-refractivity contribution is -0.128. The molecular weight excluding hydrogens is 368 g/mol. The van der Waals surface area contributed by atoms with Crippen molar-refractivity contribution in [2.24, 2.45) is 5.73 Å². The monoisotopic (exact) mass is 396 g/mol. The Balaban J connectivity index is 0.00000210. The van der Waals surface area contributed by atoms with E-state index in [9.17, 15) is 4.79 Å². The number of carbonyl (C=O) groups excluding carboxylic acids is 1. The van der Waals surface area contributed by atoms with Gasteiger partial charge in [0, 0.05) is 25.2 Å². The molecule has 1 amide bonds. The Bertz CT molecular complexity index is 670. The average Bonchev–Trinajstić information content (AvgIpc) is 3.15. The number of amides is 1. The quantitative estimate of drug-likeness (QED) is 0.817. The Morgan fingerprint density at radius 2 is 1.74 bits per heavy atom. The van der Waals surface area contributed by atoms with Crippen LogP contribution in [0.5, 0.6) is 11.5 Å². The molecule has 2 fully saturated rings. The molecule has 1 aromatic rings. The van der Waals surface area contributed by atoms with Gasteiger partial charge in [-0.25, -0.2) is 0 Å². The lowest BCUT2D eigenvalue weighted by Crippen LogP contribution is -2.57. The first-order valence-electron chi connectivity index (χ1n) is 9.67. The van der Waals surface area contributed by atoms with E-state index in [2.05, 4.69) is 17.4 Å². The summed E-state index contributed by atoms with van der Waals surface area (Å²) in [6.07, 6.45) is 6.52. The van der Waals surface area contributed by atoms with Crippen molar-refractivity contribution < 1.29 is 19.0 Å². The van der Waals surface area contributed by atoms with Crippen LogP contribution in [-0.2, 0) is 14.9 Å². The number of ether oxygens (including phenoxy) is 3. The Kier molecular flexibility index (Phi) is 6.18. The van der Waals surface area contributed by atoms with E-state index in [0.29, 0.717) is 19.8 Å². The van der Waals surface area contributed by atoms with Crippen molar-refractivity contribution in [3.05, 3.63) is 23.8 Å². The minimum atomic E-state index is -0.709. The maximum atomic E-state index is 12.8. The molecule has 0 radical (unpaired) electrons. The number of carbonyl (C=O) groups is 1. The second kappa shape index (κ2) is 8.25. The number of hydrogen-bond acceptors (Lipinski definition) is 5. The molecule has 0 unspecified atom stereocenters. The molecule has 6 nitrogen and oxygen atoms in total. The molecule has 4 rings (SSSR count). The number of hydrogen-bond donors (Lipinski definition) is 2. The molecule has 2 heterocycles. The lowest BCUT2D eigenvalue weighted by Gasteiger charge is -2.39. The first kappa shape index (κ1) is 20.2. The molecule has 150 valence electrons. The number of rotatable bonds is 4. The van der Waals surface area contributed by atoms with E-state index >= 15 is 0 Å². The minimum absolute atomic E-state index is 0. The van der Waals surface area contributed by atoms with Gasteiger partial charge in [0.25, 0.3) is 0 Å². The summed E-state index contributed by atoms with van der Waals surface area (Å²) in [5.41, 5.74) is 6.71. The lowest BCUT2D eigenvalue weighted by atomic mass is 9.73. The smallest absolute Gasteiger partial charge is 0.240 e. The number of nitrogens with two attached hydrogens (primary N) is 1. The predicted octanol–water partition coefficient (Wildman–Crippen LogP) is 2.66. The molecule has 1 aromatic carbocycles. The SMILES string of the molecule is Cl.NC1(C(=O)NCC2(c3ccc4c(c3)OCO4)CCOCC2)CCCCC1. The van der Waals surface area contributed by atoms with Gasteiger partial charge < -0.3 is 25.3 Å². The Morgan fingerprint density at radius 1 is 1.04 bits per heavy atom. The predicted molar refractivity (Wildman–Crippen MR) is 105 cm³/mol. The summed E-state index contributed by atoms with van der Waals surface area (Å²) in [5, 5.41) is 3.18. The summed E-state index contributed by atoms with van der Waals surface area (Å²) < 4.78 is 16.6. The van der Waals surface area contributed by atoms with Crippen LogP contribution in [0.3, 0.4) is 0 Å². The zero-order valence-corrected chi connectivity index (χ0v) is 16.4. The maximum absolute atomic E-state index is 12.8. The molecule has 2 aliphatic heterocycles. The topological polar surface area (TPSA) is 82.8 Å². The van der Waals surface area contributed by atoms with Crippen LogP contribution in [0.4, 0.5) is 0 Å². The Morgan fingerprint density at radius 3 is 2.48 bits per heavy atom. The van der Waals surface area contributed by atoms with Crippen LogP contribution in [0.1, 0.15) is 50.5 Å². The molecule has 0 aromatic heterocycles. The van der Waals surface area contributed by atoms with Gasteiger partial charge in [0.15, 0.2) is 11.5 Å². The van der Waals surface area contributed by atoms with E-state index in [1.807, 2.05) is 6.07 Å². The van der Waals surface area contributed by atoms with Gasteiger partial charge >= 0.3 is 0 Å². The fourth-order valence-electron chi connectivity index (χ4n) is 4.39. The molecule has 3 N–H and O–H groups in total. The summed E-state index contributed by atoms with van der Waals surface area (Å²) in [6.45, 7) is 2.23. The van der Waals surface area contributed by atoms with Crippen LogP contribution in [0.15, 0.2) is 18.2 Å². The second-order valence-corrected chi connectivity index (χ2v) is 7.86. The first-order valence-corrected chi connectivity index (χ1v) is 9.67. The average molecular weight is 397 g/mol. The molecule has 0 atom stereocenters. The van der Waals surface area contributed by atoms with Gasteiger partial charge in [0.1, 0.15) is 0 Å². The van der Waals surface area contributed by atoms with E-state index in [-0.39, 0.29) is 30.5 Å². The number of fused-ring (bicyclic) bond motifs is 1. The van der Waals surface area contributed by atoms with Crippen molar-refractivity contribution in [1.29, 1.82) is 0 Å². The van der Waals surface area contributed by atoms with Crippen LogP contribution in [-0.4, -0.2) is 38.0 Å². The Hall–Kier alpha value is -1.50. The molecule has 7 heteroatoms. The molecule has 0 spiro atoms. The molecule has 1 saturated carbocycles. The fourth-order valence-corrected chi connectivity index (χ4v) is 4.39. The van der Waals surface area contributed by atoms with Gasteiger partial charge in [-0.1, -0.05) is 25.3 Å². The van der Waals surface area contributed by atoms with E-state index < -0.39 is 5.54 Å².